The maximum Gasteiger partial charge on any atom is 0.344 e. The molecule has 4 rings (SSSR count). The van der Waals surface area contributed by atoms with Crippen LogP contribution in [0.25, 0.3) is 10.9 Å². The van der Waals surface area contributed by atoms with Gasteiger partial charge in [0.15, 0.2) is 6.61 Å². The Balaban J connectivity index is 1.76. The highest BCUT2D eigenvalue weighted by Gasteiger charge is 2.31. The zero-order chi connectivity index (χ0) is 25.8. The van der Waals surface area contributed by atoms with Crippen molar-refractivity contribution in [3.05, 3.63) is 58.8 Å². The number of aromatic nitrogens is 1. The third kappa shape index (κ3) is 5.35. The molecule has 3 aromatic rings. The summed E-state index contributed by atoms with van der Waals surface area (Å²) in [5.41, 5.74) is 11.3. The molecule has 1 aromatic heterocycles. The Morgan fingerprint density at radius 3 is 2.64 bits per heavy atom. The summed E-state index contributed by atoms with van der Waals surface area (Å²) in [6.45, 7) is 7.15. The van der Waals surface area contributed by atoms with Crippen molar-refractivity contribution in [3.63, 3.8) is 0 Å². The molecule has 0 fully saturated rings. The molecule has 0 saturated heterocycles. The summed E-state index contributed by atoms with van der Waals surface area (Å²) in [7, 11) is 1.69. The molecule has 1 heterocycles. The molecule has 0 spiro atoms. The van der Waals surface area contributed by atoms with Gasteiger partial charge in [0.05, 0.1) is 19.6 Å². The number of amides is 1. The topological polar surface area (TPSA) is 92.8 Å². The van der Waals surface area contributed by atoms with Crippen LogP contribution in [0.2, 0.25) is 0 Å². The van der Waals surface area contributed by atoms with E-state index >= 15 is 0 Å². The number of esters is 1. The summed E-state index contributed by atoms with van der Waals surface area (Å²) in [5.74, 6) is 0.713. The van der Waals surface area contributed by atoms with E-state index in [0.717, 1.165) is 59.2 Å². The number of hydrogen-bond donors (Lipinski definition) is 1. The predicted molar refractivity (Wildman–Crippen MR) is 140 cm³/mol. The van der Waals surface area contributed by atoms with Gasteiger partial charge in [-0.05, 0) is 78.6 Å². The zero-order valence-corrected chi connectivity index (χ0v) is 21.6. The first kappa shape index (κ1) is 25.6. The highest BCUT2D eigenvalue weighted by molar-refractivity contribution is 5.94. The van der Waals surface area contributed by atoms with Gasteiger partial charge >= 0.3 is 5.97 Å². The molecule has 7 heteroatoms. The third-order valence-electron chi connectivity index (χ3n) is 6.84. The van der Waals surface area contributed by atoms with Gasteiger partial charge in [-0.3, -0.25) is 4.79 Å². The van der Waals surface area contributed by atoms with Gasteiger partial charge in [-0.1, -0.05) is 26.8 Å². The molecule has 0 unspecified atom stereocenters. The van der Waals surface area contributed by atoms with Crippen molar-refractivity contribution in [2.45, 2.75) is 64.8 Å². The Labute approximate surface area is 212 Å². The molecule has 0 aliphatic heterocycles. The van der Waals surface area contributed by atoms with Crippen LogP contribution >= 0.6 is 0 Å². The summed E-state index contributed by atoms with van der Waals surface area (Å²) in [6, 6.07) is 12.2. The number of ether oxygens (including phenoxy) is 3. The fourth-order valence-corrected chi connectivity index (χ4v) is 5.05. The first-order valence-electron chi connectivity index (χ1n) is 12.7. The van der Waals surface area contributed by atoms with Crippen LogP contribution in [0.3, 0.4) is 0 Å². The van der Waals surface area contributed by atoms with Crippen LogP contribution in [0, 0.1) is 0 Å². The molecule has 192 valence electrons. The lowest BCUT2D eigenvalue weighted by molar-refractivity contribution is -0.146. The molecule has 1 amide bonds. The van der Waals surface area contributed by atoms with Crippen molar-refractivity contribution in [2.75, 3.05) is 20.3 Å². The molecule has 36 heavy (non-hydrogen) atoms. The quantitative estimate of drug-likeness (QED) is 0.400. The van der Waals surface area contributed by atoms with E-state index in [4.69, 9.17) is 19.9 Å². The molecule has 2 aromatic carbocycles. The number of nitrogens with zero attached hydrogens (tertiary/aromatic N) is 1. The van der Waals surface area contributed by atoms with Gasteiger partial charge in [-0.25, -0.2) is 4.79 Å². The smallest absolute Gasteiger partial charge is 0.344 e. The van der Waals surface area contributed by atoms with Crippen LogP contribution in [-0.4, -0.2) is 36.8 Å². The van der Waals surface area contributed by atoms with Crippen molar-refractivity contribution >= 4 is 22.8 Å². The Bertz CT molecular complexity index is 1260. The van der Waals surface area contributed by atoms with Crippen molar-refractivity contribution < 1.29 is 23.8 Å². The second kappa shape index (κ2) is 11.1. The van der Waals surface area contributed by atoms with Gasteiger partial charge in [-0.15, -0.1) is 0 Å². The Kier molecular flexibility index (Phi) is 7.87. The maximum atomic E-state index is 12.4. The van der Waals surface area contributed by atoms with E-state index in [1.807, 2.05) is 25.1 Å². The first-order chi connectivity index (χ1) is 17.3. The van der Waals surface area contributed by atoms with Gasteiger partial charge in [0.25, 0.3) is 0 Å². The van der Waals surface area contributed by atoms with Crippen LogP contribution in [0.1, 0.15) is 74.3 Å². The second-order valence-corrected chi connectivity index (χ2v) is 9.75. The highest BCUT2D eigenvalue weighted by Crippen LogP contribution is 2.41. The van der Waals surface area contributed by atoms with Crippen molar-refractivity contribution in [3.8, 4) is 11.5 Å². The molecule has 1 aliphatic rings. The molecule has 0 bridgehead atoms. The summed E-state index contributed by atoms with van der Waals surface area (Å²) in [5, 5.41) is 0.944. The summed E-state index contributed by atoms with van der Waals surface area (Å²) in [6.07, 6.45) is 3.26. The number of carbonyl (C=O) groups is 2. The van der Waals surface area contributed by atoms with Crippen molar-refractivity contribution in [1.29, 1.82) is 0 Å². The van der Waals surface area contributed by atoms with E-state index in [-0.39, 0.29) is 18.4 Å². The van der Waals surface area contributed by atoms with E-state index in [1.54, 1.807) is 7.11 Å². The van der Waals surface area contributed by atoms with Crippen molar-refractivity contribution in [2.24, 2.45) is 5.73 Å². The fraction of sp³-hybridized carbons (Fsp3) is 0.448. The third-order valence-corrected chi connectivity index (χ3v) is 6.84. The molecule has 0 saturated carbocycles. The number of nitrogens with two attached hydrogens (primary N) is 1. The number of hydrogen-bond acceptors (Lipinski definition) is 5. The summed E-state index contributed by atoms with van der Waals surface area (Å²) < 4.78 is 18.7. The Morgan fingerprint density at radius 1 is 1.14 bits per heavy atom. The van der Waals surface area contributed by atoms with Gasteiger partial charge in [0.2, 0.25) is 5.91 Å². The van der Waals surface area contributed by atoms with E-state index in [0.29, 0.717) is 24.8 Å². The number of primary amides is 1. The predicted octanol–water partition coefficient (Wildman–Crippen LogP) is 5.06. The standard InChI is InChI=1S/C29H36N2O5/c1-5-11-35-27(32)17-36-21-9-10-25-24(15-21)28-23(29(30)33)7-6-8-26(28)31(25)16-19-12-20(18(2)3)14-22(13-19)34-4/h9-10,12-15,18,23H,5-8,11,16-17H2,1-4H3,(H2,30,33)/t23-/m0/s1. The zero-order valence-electron chi connectivity index (χ0n) is 21.6. The molecule has 1 aliphatic carbocycles. The monoisotopic (exact) mass is 492 g/mol. The van der Waals surface area contributed by atoms with Gasteiger partial charge in [-0.2, -0.15) is 0 Å². The van der Waals surface area contributed by atoms with E-state index in [2.05, 4.69) is 36.6 Å². The fourth-order valence-electron chi connectivity index (χ4n) is 5.05. The van der Waals surface area contributed by atoms with E-state index < -0.39 is 5.97 Å². The first-order valence-corrected chi connectivity index (χ1v) is 12.7. The van der Waals surface area contributed by atoms with Gasteiger partial charge in [0, 0.05) is 23.1 Å². The van der Waals surface area contributed by atoms with Crippen LogP contribution in [0.4, 0.5) is 0 Å². The molecule has 0 radical (unpaired) electrons. The molecular formula is C29H36N2O5. The number of fused-ring (bicyclic) bond motifs is 3. The Hall–Kier alpha value is -3.48. The van der Waals surface area contributed by atoms with Gasteiger partial charge < -0.3 is 24.5 Å². The largest absolute Gasteiger partial charge is 0.497 e. The minimum atomic E-state index is -0.398. The van der Waals surface area contributed by atoms with E-state index in [9.17, 15) is 9.59 Å². The second-order valence-electron chi connectivity index (χ2n) is 9.75. The lowest BCUT2D eigenvalue weighted by atomic mass is 9.84. The number of rotatable bonds is 10. The molecule has 7 nitrogen and oxygen atoms in total. The normalized spacial score (nSPS) is 15.1. The molecular weight excluding hydrogens is 456 g/mol. The number of carbonyl (C=O) groups excluding carboxylic acids is 2. The van der Waals surface area contributed by atoms with Crippen LogP contribution in [0.15, 0.2) is 36.4 Å². The molecule has 2 N–H and O–H groups in total. The van der Waals surface area contributed by atoms with E-state index in [1.165, 1.54) is 5.56 Å². The SMILES string of the molecule is CCCOC(=O)COc1ccc2c(c1)c1c(n2Cc2cc(OC)cc(C(C)C)c2)CCC[C@@H]1C(N)=O. The maximum absolute atomic E-state index is 12.4. The average Bonchev–Trinajstić information content (AvgIpc) is 3.18. The lowest BCUT2D eigenvalue weighted by Crippen LogP contribution is -2.25. The number of methoxy groups -OCH3 is 1. The number of benzene rings is 2. The average molecular weight is 493 g/mol. The Morgan fingerprint density at radius 2 is 1.94 bits per heavy atom. The minimum absolute atomic E-state index is 0.157. The van der Waals surface area contributed by atoms with Crippen LogP contribution in [0.5, 0.6) is 11.5 Å². The minimum Gasteiger partial charge on any atom is -0.497 e. The molecule has 1 atom stereocenters. The highest BCUT2D eigenvalue weighted by atomic mass is 16.6. The summed E-state index contributed by atoms with van der Waals surface area (Å²) >= 11 is 0. The van der Waals surface area contributed by atoms with Crippen LogP contribution < -0.4 is 15.2 Å². The van der Waals surface area contributed by atoms with Crippen molar-refractivity contribution in [1.82, 2.24) is 4.57 Å². The van der Waals surface area contributed by atoms with Gasteiger partial charge in [0.1, 0.15) is 11.5 Å². The summed E-state index contributed by atoms with van der Waals surface area (Å²) in [4.78, 5) is 24.4. The lowest BCUT2D eigenvalue weighted by Gasteiger charge is -2.22. The van der Waals surface area contributed by atoms with Crippen LogP contribution in [-0.2, 0) is 27.3 Å².